The van der Waals surface area contributed by atoms with Gasteiger partial charge in [-0.25, -0.2) is 8.78 Å². The lowest BCUT2D eigenvalue weighted by atomic mass is 10.1. The molecule has 97 valence electrons. The van der Waals surface area contributed by atoms with E-state index < -0.39 is 11.6 Å². The minimum Gasteiger partial charge on any atom is -0.390 e. The van der Waals surface area contributed by atoms with Crippen molar-refractivity contribution in [3.8, 4) is 0 Å². The molecule has 0 bridgehead atoms. The first-order valence-electron chi connectivity index (χ1n) is 5.74. The fraction of sp³-hybridized carbons (Fsp3) is 0.133. The minimum absolute atomic E-state index is 0.00639. The molecule has 0 aliphatic carbocycles. The fourth-order valence-corrected chi connectivity index (χ4v) is 1.58. The van der Waals surface area contributed by atoms with Crippen LogP contribution in [0.4, 0.5) is 8.78 Å². The van der Waals surface area contributed by atoms with Crippen LogP contribution in [0.25, 0.3) is 0 Å². The average Bonchev–Trinajstić information content (AvgIpc) is 2.35. The molecule has 0 aliphatic rings. The fourth-order valence-electron chi connectivity index (χ4n) is 1.58. The number of hydrogen-bond donors (Lipinski definition) is 0. The summed E-state index contributed by atoms with van der Waals surface area (Å²) in [6, 6.07) is 10.8. The molecule has 0 N–H and O–H groups in total. The molecule has 0 saturated heterocycles. The molecule has 4 heteroatoms. The second-order valence-corrected chi connectivity index (χ2v) is 4.07. The first kappa shape index (κ1) is 13.2. The molecule has 0 unspecified atom stereocenters. The van der Waals surface area contributed by atoms with E-state index >= 15 is 0 Å². The largest absolute Gasteiger partial charge is 0.390 e. The molecule has 2 rings (SSSR count). The molecular formula is C15H12F2NO. The van der Waals surface area contributed by atoms with Crippen LogP contribution in [0, 0.1) is 18.6 Å². The Kier molecular flexibility index (Phi) is 4.23. The van der Waals surface area contributed by atoms with E-state index in [9.17, 15) is 8.78 Å². The van der Waals surface area contributed by atoms with Crippen LogP contribution in [-0.4, -0.2) is 6.21 Å². The third-order valence-electron chi connectivity index (χ3n) is 2.53. The summed E-state index contributed by atoms with van der Waals surface area (Å²) in [5.41, 5.74) is 2.22. The lowest BCUT2D eigenvalue weighted by molar-refractivity contribution is 0.131. The second kappa shape index (κ2) is 6.09. The Morgan fingerprint density at radius 3 is 2.47 bits per heavy atom. The Balaban J connectivity index is 1.95. The predicted molar refractivity (Wildman–Crippen MR) is 68.9 cm³/mol. The van der Waals surface area contributed by atoms with Gasteiger partial charge >= 0.3 is 0 Å². The molecule has 0 atom stereocenters. The predicted octanol–water partition coefficient (Wildman–Crippen LogP) is 3.70. The molecule has 2 aromatic rings. The number of rotatable bonds is 4. The van der Waals surface area contributed by atoms with Crippen molar-refractivity contribution < 1.29 is 13.6 Å². The normalized spacial score (nSPS) is 10.9. The molecule has 0 fully saturated rings. The Hall–Kier alpha value is -2.23. The van der Waals surface area contributed by atoms with Crippen LogP contribution in [0.1, 0.15) is 16.7 Å². The quantitative estimate of drug-likeness (QED) is 0.606. The smallest absolute Gasteiger partial charge is 0.142 e. The van der Waals surface area contributed by atoms with Gasteiger partial charge in [0, 0.05) is 11.6 Å². The zero-order valence-corrected chi connectivity index (χ0v) is 10.4. The zero-order chi connectivity index (χ0) is 13.7. The van der Waals surface area contributed by atoms with Crippen molar-refractivity contribution in [1.29, 1.82) is 0 Å². The highest BCUT2D eigenvalue weighted by atomic mass is 19.1. The summed E-state index contributed by atoms with van der Waals surface area (Å²) in [6.45, 7) is 1.92. The van der Waals surface area contributed by atoms with Crippen molar-refractivity contribution in [3.63, 3.8) is 0 Å². The van der Waals surface area contributed by atoms with Crippen molar-refractivity contribution in [3.05, 3.63) is 70.8 Å². The van der Waals surface area contributed by atoms with Crippen molar-refractivity contribution in [2.24, 2.45) is 5.16 Å². The summed E-state index contributed by atoms with van der Waals surface area (Å²) in [5, 5.41) is 3.66. The van der Waals surface area contributed by atoms with Crippen molar-refractivity contribution >= 4 is 6.21 Å². The summed E-state index contributed by atoms with van der Waals surface area (Å²) in [7, 11) is 0. The first-order valence-corrected chi connectivity index (χ1v) is 5.74. The van der Waals surface area contributed by atoms with Gasteiger partial charge in [0.1, 0.15) is 24.5 Å². The summed E-state index contributed by atoms with van der Waals surface area (Å²) in [6.07, 6.45) is 2.73. The summed E-state index contributed by atoms with van der Waals surface area (Å²) in [4.78, 5) is 4.97. The summed E-state index contributed by atoms with van der Waals surface area (Å²) in [5.74, 6) is -1.27. The first-order chi connectivity index (χ1) is 9.15. The molecule has 0 aromatic heterocycles. The molecule has 19 heavy (non-hydrogen) atoms. The van der Waals surface area contributed by atoms with Crippen LogP contribution < -0.4 is 0 Å². The molecule has 0 amide bonds. The van der Waals surface area contributed by atoms with Gasteiger partial charge in [0.2, 0.25) is 0 Å². The molecule has 0 aliphatic heterocycles. The van der Waals surface area contributed by atoms with Gasteiger partial charge in [-0.2, -0.15) is 0 Å². The number of aryl methyl sites for hydroxylation is 1. The third-order valence-corrected chi connectivity index (χ3v) is 2.53. The number of nitrogens with zero attached hydrogens (tertiary/aromatic N) is 1. The lowest BCUT2D eigenvalue weighted by Crippen LogP contribution is -1.92. The van der Waals surface area contributed by atoms with Crippen LogP contribution in [0.2, 0.25) is 0 Å². The van der Waals surface area contributed by atoms with Gasteiger partial charge in [0.25, 0.3) is 0 Å². The van der Waals surface area contributed by atoms with Crippen LogP contribution in [-0.2, 0) is 11.4 Å². The second-order valence-electron chi connectivity index (χ2n) is 4.07. The van der Waals surface area contributed by atoms with Crippen molar-refractivity contribution in [2.75, 3.05) is 0 Å². The maximum absolute atomic E-state index is 12.9. The maximum atomic E-state index is 12.9. The van der Waals surface area contributed by atoms with Gasteiger partial charge in [-0.15, -0.1) is 0 Å². The van der Waals surface area contributed by atoms with Gasteiger partial charge in [-0.1, -0.05) is 29.4 Å². The summed E-state index contributed by atoms with van der Waals surface area (Å²) < 4.78 is 25.8. The van der Waals surface area contributed by atoms with Crippen LogP contribution >= 0.6 is 0 Å². The summed E-state index contributed by atoms with van der Waals surface area (Å²) >= 11 is 0. The van der Waals surface area contributed by atoms with E-state index in [1.165, 1.54) is 12.1 Å². The van der Waals surface area contributed by atoms with Gasteiger partial charge in [-0.3, -0.25) is 0 Å². The van der Waals surface area contributed by atoms with Gasteiger partial charge in [0.05, 0.1) is 0 Å². The van der Waals surface area contributed by atoms with E-state index in [-0.39, 0.29) is 6.61 Å². The van der Waals surface area contributed by atoms with E-state index in [1.807, 2.05) is 31.2 Å². The van der Waals surface area contributed by atoms with Crippen LogP contribution in [0.5, 0.6) is 0 Å². The number of hydrogen-bond acceptors (Lipinski definition) is 2. The topological polar surface area (TPSA) is 21.6 Å². The van der Waals surface area contributed by atoms with Crippen molar-refractivity contribution in [1.82, 2.24) is 0 Å². The van der Waals surface area contributed by atoms with E-state index in [0.29, 0.717) is 5.56 Å². The zero-order valence-electron chi connectivity index (χ0n) is 10.4. The SMILES string of the molecule is Cc1ccccc1/[C]=N\OCc1cc(F)cc(F)c1. The molecule has 2 aromatic carbocycles. The molecular weight excluding hydrogens is 248 g/mol. The highest BCUT2D eigenvalue weighted by molar-refractivity contribution is 5.81. The number of halogens is 2. The molecule has 0 heterocycles. The third kappa shape index (κ3) is 3.88. The molecule has 1 radical (unpaired) electrons. The Morgan fingerprint density at radius 1 is 1.11 bits per heavy atom. The van der Waals surface area contributed by atoms with Crippen molar-refractivity contribution in [2.45, 2.75) is 13.5 Å². The van der Waals surface area contributed by atoms with E-state index in [1.54, 1.807) is 0 Å². The number of benzene rings is 2. The standard InChI is InChI=1S/C15H12F2NO/c1-11-4-2-3-5-13(11)9-18-19-10-12-6-14(16)8-15(17)7-12/h2-8H,10H2,1H3. The van der Waals surface area contributed by atoms with Gasteiger partial charge < -0.3 is 4.84 Å². The van der Waals surface area contributed by atoms with Gasteiger partial charge in [0.15, 0.2) is 0 Å². The van der Waals surface area contributed by atoms with E-state index in [4.69, 9.17) is 4.84 Å². The van der Waals surface area contributed by atoms with Gasteiger partial charge in [-0.05, 0) is 30.2 Å². The average molecular weight is 260 g/mol. The van der Waals surface area contributed by atoms with Crippen LogP contribution in [0.15, 0.2) is 47.6 Å². The molecule has 0 spiro atoms. The van der Waals surface area contributed by atoms with Crippen LogP contribution in [0.3, 0.4) is 0 Å². The lowest BCUT2D eigenvalue weighted by Gasteiger charge is -2.01. The highest BCUT2D eigenvalue weighted by Crippen LogP contribution is 2.09. The molecule has 2 nitrogen and oxygen atoms in total. The highest BCUT2D eigenvalue weighted by Gasteiger charge is 2.00. The Bertz CT molecular complexity index is 576. The van der Waals surface area contributed by atoms with E-state index in [0.717, 1.165) is 17.2 Å². The molecule has 0 saturated carbocycles. The maximum Gasteiger partial charge on any atom is 0.142 e. The monoisotopic (exact) mass is 260 g/mol. The Labute approximate surface area is 110 Å². The van der Waals surface area contributed by atoms with E-state index in [2.05, 4.69) is 11.4 Å². The minimum atomic E-state index is -0.634. The Morgan fingerprint density at radius 2 is 1.79 bits per heavy atom.